The molecule has 1 amide bonds. The lowest BCUT2D eigenvalue weighted by molar-refractivity contribution is -0.135. The third-order valence-electron chi connectivity index (χ3n) is 8.54. The van der Waals surface area contributed by atoms with Crippen molar-refractivity contribution in [3.8, 4) is 5.75 Å². The second-order valence-electron chi connectivity index (χ2n) is 10.3. The predicted octanol–water partition coefficient (Wildman–Crippen LogP) is 2.49. The maximum atomic E-state index is 12.3. The molecule has 4 rings (SSSR count). The molecule has 0 radical (unpaired) electrons. The number of hydrogen-bond donors (Lipinski definition) is 3. The molecule has 0 heterocycles. The second kappa shape index (κ2) is 9.55. The summed E-state index contributed by atoms with van der Waals surface area (Å²) in [4.78, 5) is 35.7. The first kappa shape index (κ1) is 23.9. The Morgan fingerprint density at radius 2 is 2.00 bits per heavy atom. The highest BCUT2D eigenvalue weighted by molar-refractivity contribution is 5.89. The van der Waals surface area contributed by atoms with Crippen molar-refractivity contribution < 1.29 is 24.2 Å². The number of rotatable bonds is 7. The van der Waals surface area contributed by atoms with E-state index in [2.05, 4.69) is 23.6 Å². The number of likely N-dealkylation sites (N-methyl/N-ethyl adjacent to an activating group) is 1. The van der Waals surface area contributed by atoms with Gasteiger partial charge in [0.2, 0.25) is 5.91 Å². The molecule has 180 valence electrons. The molecule has 0 bridgehead atoms. The zero-order chi connectivity index (χ0) is 23.8. The van der Waals surface area contributed by atoms with Crippen LogP contribution in [0.4, 0.5) is 0 Å². The minimum atomic E-state index is -0.560. The number of Topliss-reactive ketones (excluding diaryl/α,β-unsaturated/α-hetero) is 1. The quantitative estimate of drug-likeness (QED) is 0.430. The third-order valence-corrected chi connectivity index (χ3v) is 8.54. The molecule has 0 aliphatic heterocycles. The number of hydrogen-bond acceptors (Lipinski definition) is 6. The van der Waals surface area contributed by atoms with Crippen LogP contribution in [-0.2, 0) is 20.8 Å². The number of aryl methyl sites for hydroxylation is 1. The van der Waals surface area contributed by atoms with E-state index < -0.39 is 12.0 Å². The minimum Gasteiger partial charge on any atom is -0.425 e. The summed E-state index contributed by atoms with van der Waals surface area (Å²) >= 11 is 0. The largest absolute Gasteiger partial charge is 0.425 e. The molecule has 1 aromatic rings. The smallest absolute Gasteiger partial charge is 0.330 e. The Kier molecular flexibility index (Phi) is 6.91. The average molecular weight is 457 g/mol. The summed E-state index contributed by atoms with van der Waals surface area (Å²) in [5, 5.41) is 15.9. The van der Waals surface area contributed by atoms with Crippen LogP contribution in [-0.4, -0.2) is 48.5 Å². The van der Waals surface area contributed by atoms with E-state index >= 15 is 0 Å². The van der Waals surface area contributed by atoms with Crippen molar-refractivity contribution in [1.82, 2.24) is 10.6 Å². The van der Waals surface area contributed by atoms with Gasteiger partial charge in [-0.1, -0.05) is 13.0 Å². The summed E-state index contributed by atoms with van der Waals surface area (Å²) in [6.45, 7) is 3.46. The molecular weight excluding hydrogens is 420 g/mol. The van der Waals surface area contributed by atoms with E-state index in [1.165, 1.54) is 18.1 Å². The van der Waals surface area contributed by atoms with Gasteiger partial charge in [-0.3, -0.25) is 9.59 Å². The van der Waals surface area contributed by atoms with Gasteiger partial charge < -0.3 is 20.5 Å². The fourth-order valence-electron chi connectivity index (χ4n) is 6.64. The number of benzene rings is 1. The Morgan fingerprint density at radius 3 is 2.73 bits per heavy atom. The lowest BCUT2D eigenvalue weighted by Gasteiger charge is -2.50. The summed E-state index contributed by atoms with van der Waals surface area (Å²) in [5.41, 5.74) is 2.67. The summed E-state index contributed by atoms with van der Waals surface area (Å²) in [6, 6.07) is 5.36. The first-order valence-corrected chi connectivity index (χ1v) is 12.2. The van der Waals surface area contributed by atoms with E-state index in [-0.39, 0.29) is 36.2 Å². The Balaban J connectivity index is 1.35. The van der Waals surface area contributed by atoms with Crippen molar-refractivity contribution >= 4 is 17.7 Å². The van der Waals surface area contributed by atoms with Gasteiger partial charge in [0.25, 0.3) is 0 Å². The number of carbonyl (C=O) groups is 3. The SMILES string of the molecule is CNC(CC(=O)NCC(=O)Oc1ccc2c(c1)CCC1C2CC[C@@]2(C)C1CC[C@@H]2O)C(C)=O. The van der Waals surface area contributed by atoms with E-state index in [1.807, 2.05) is 12.1 Å². The van der Waals surface area contributed by atoms with Gasteiger partial charge in [0, 0.05) is 6.42 Å². The van der Waals surface area contributed by atoms with Crippen molar-refractivity contribution in [2.24, 2.45) is 17.3 Å². The van der Waals surface area contributed by atoms with E-state index in [4.69, 9.17) is 4.74 Å². The van der Waals surface area contributed by atoms with Gasteiger partial charge in [0.05, 0.1) is 12.1 Å². The van der Waals surface area contributed by atoms with E-state index in [9.17, 15) is 19.5 Å². The Morgan fingerprint density at radius 1 is 1.21 bits per heavy atom. The Hall–Kier alpha value is -2.25. The fraction of sp³-hybridized carbons (Fsp3) is 0.654. The van der Waals surface area contributed by atoms with Crippen molar-refractivity contribution in [3.05, 3.63) is 29.3 Å². The molecule has 0 aromatic heterocycles. The molecular formula is C26H36N2O5. The number of aliphatic hydroxyl groups is 1. The molecule has 1 aromatic carbocycles. The summed E-state index contributed by atoms with van der Waals surface area (Å²) in [5.74, 6) is 1.19. The minimum absolute atomic E-state index is 0.0163. The molecule has 3 N–H and O–H groups in total. The number of esters is 1. The van der Waals surface area contributed by atoms with Crippen LogP contribution in [0.3, 0.4) is 0 Å². The van der Waals surface area contributed by atoms with Crippen LogP contribution >= 0.6 is 0 Å². The van der Waals surface area contributed by atoms with Crippen molar-refractivity contribution in [2.75, 3.05) is 13.6 Å². The number of ether oxygens (including phenoxy) is 1. The van der Waals surface area contributed by atoms with Gasteiger partial charge in [-0.25, -0.2) is 4.79 Å². The van der Waals surface area contributed by atoms with Gasteiger partial charge >= 0.3 is 5.97 Å². The first-order chi connectivity index (χ1) is 15.7. The van der Waals surface area contributed by atoms with Crippen LogP contribution in [0.25, 0.3) is 0 Å². The van der Waals surface area contributed by atoms with Gasteiger partial charge in [0.15, 0.2) is 0 Å². The molecule has 3 aliphatic carbocycles. The third kappa shape index (κ3) is 4.71. The van der Waals surface area contributed by atoms with Gasteiger partial charge in [0.1, 0.15) is 18.1 Å². The fourth-order valence-corrected chi connectivity index (χ4v) is 6.64. The first-order valence-electron chi connectivity index (χ1n) is 12.2. The second-order valence-corrected chi connectivity index (χ2v) is 10.3. The standard InChI is InChI=1S/C26H36N2O5/c1-15(29)22(27-3)13-24(31)28-14-25(32)33-17-5-7-18-16(12-17)4-6-20-19(18)10-11-26(2)21(20)8-9-23(26)30/h5,7,12,19-23,27,30H,4,6,8-11,13-14H2,1-3H3,(H,28,31)/t19?,20?,21?,22?,23-,26-/m0/s1. The number of nitrogens with one attached hydrogen (secondary N) is 2. The number of carbonyl (C=O) groups excluding carboxylic acids is 3. The van der Waals surface area contributed by atoms with E-state index in [0.29, 0.717) is 23.5 Å². The molecule has 7 nitrogen and oxygen atoms in total. The van der Waals surface area contributed by atoms with Crippen molar-refractivity contribution in [1.29, 1.82) is 0 Å². The van der Waals surface area contributed by atoms with Crippen LogP contribution in [0.5, 0.6) is 5.75 Å². The predicted molar refractivity (Wildman–Crippen MR) is 124 cm³/mol. The number of fused-ring (bicyclic) bond motifs is 5. The number of aliphatic hydroxyl groups excluding tert-OH is 1. The zero-order valence-corrected chi connectivity index (χ0v) is 19.9. The maximum absolute atomic E-state index is 12.3. The van der Waals surface area contributed by atoms with Crippen LogP contribution in [0.2, 0.25) is 0 Å². The highest BCUT2D eigenvalue weighted by Crippen LogP contribution is 2.60. The van der Waals surface area contributed by atoms with Crippen LogP contribution in [0.15, 0.2) is 18.2 Å². The molecule has 4 unspecified atom stereocenters. The summed E-state index contributed by atoms with van der Waals surface area (Å²) in [6.07, 6.45) is 6.09. The van der Waals surface area contributed by atoms with Crippen molar-refractivity contribution in [2.45, 2.75) is 76.9 Å². The Labute approximate surface area is 195 Å². The molecule has 0 spiro atoms. The zero-order valence-electron chi connectivity index (χ0n) is 19.9. The number of ketones is 1. The molecule has 2 fully saturated rings. The monoisotopic (exact) mass is 456 g/mol. The highest BCUT2D eigenvalue weighted by atomic mass is 16.5. The molecule has 6 atom stereocenters. The van der Waals surface area contributed by atoms with Gasteiger partial charge in [-0.05, 0) is 98.9 Å². The van der Waals surface area contributed by atoms with E-state index in [0.717, 1.165) is 38.5 Å². The van der Waals surface area contributed by atoms with Gasteiger partial charge in [-0.2, -0.15) is 0 Å². The molecule has 3 aliphatic rings. The normalized spacial score (nSPS) is 31.0. The molecule has 2 saturated carbocycles. The maximum Gasteiger partial charge on any atom is 0.330 e. The topological polar surface area (TPSA) is 105 Å². The van der Waals surface area contributed by atoms with Crippen molar-refractivity contribution in [3.63, 3.8) is 0 Å². The van der Waals surface area contributed by atoms with E-state index in [1.54, 1.807) is 7.05 Å². The molecule has 7 heteroatoms. The van der Waals surface area contributed by atoms with Gasteiger partial charge in [-0.15, -0.1) is 0 Å². The van der Waals surface area contributed by atoms with Crippen LogP contribution in [0.1, 0.15) is 69.4 Å². The van der Waals surface area contributed by atoms with Crippen LogP contribution in [0, 0.1) is 17.3 Å². The molecule has 0 saturated heterocycles. The lowest BCUT2D eigenvalue weighted by atomic mass is 9.55. The lowest BCUT2D eigenvalue weighted by Crippen LogP contribution is -2.43. The Bertz CT molecular complexity index is 931. The highest BCUT2D eigenvalue weighted by Gasteiger charge is 2.54. The average Bonchev–Trinajstić information content (AvgIpc) is 3.10. The van der Waals surface area contributed by atoms with Crippen LogP contribution < -0.4 is 15.4 Å². The number of amides is 1. The molecule has 33 heavy (non-hydrogen) atoms. The summed E-state index contributed by atoms with van der Waals surface area (Å²) in [7, 11) is 1.62. The summed E-state index contributed by atoms with van der Waals surface area (Å²) < 4.78 is 5.48.